The minimum Gasteiger partial charge on any atom is -0.481 e. The summed E-state index contributed by atoms with van der Waals surface area (Å²) in [6.07, 6.45) is 96.0. The summed E-state index contributed by atoms with van der Waals surface area (Å²) in [6.45, 7) is 6.79. The van der Waals surface area contributed by atoms with Gasteiger partial charge < -0.3 is 10.2 Å². The van der Waals surface area contributed by atoms with E-state index in [0.717, 1.165) is 44.9 Å². The molecular formula is C80H158O4. The predicted octanol–water partition coefficient (Wildman–Crippen LogP) is 28.4. The minimum absolute atomic E-state index is 0.279. The fourth-order valence-corrected chi connectivity index (χ4v) is 13.7. The number of rotatable bonds is 76. The first-order valence-electron chi connectivity index (χ1n) is 39.9. The fraction of sp³-hybridized carbons (Fsp3) is 0.975. The molecule has 0 radical (unpaired) electrons. The normalized spacial score (nSPS) is 12.9. The average Bonchev–Trinajstić information content (AvgIpc) is 3.53. The number of unbranched alkanes of at least 4 members (excludes halogenated alkanes) is 65. The molecule has 2 N–H and O–H groups in total. The monoisotopic (exact) mass is 1180 g/mol. The third-order valence-electron chi connectivity index (χ3n) is 19.9. The summed E-state index contributed by atoms with van der Waals surface area (Å²) >= 11 is 0. The van der Waals surface area contributed by atoms with E-state index in [2.05, 4.69) is 20.8 Å². The van der Waals surface area contributed by atoms with E-state index in [1.54, 1.807) is 0 Å². The maximum atomic E-state index is 12.7. The molecule has 0 aliphatic rings. The molecule has 0 bridgehead atoms. The third kappa shape index (κ3) is 67.0. The Kier molecular flexibility index (Phi) is 72.1. The Bertz CT molecular complexity index is 1230. The number of hydrogen-bond acceptors (Lipinski definition) is 3. The van der Waals surface area contributed by atoms with E-state index in [1.807, 2.05) is 0 Å². The quantitative estimate of drug-likeness (QED) is 0.0595. The number of carbonyl (C=O) groups is 2. The van der Waals surface area contributed by atoms with Crippen molar-refractivity contribution in [1.29, 1.82) is 0 Å². The Hall–Kier alpha value is -0.900. The molecule has 3 unspecified atom stereocenters. The van der Waals surface area contributed by atoms with Gasteiger partial charge in [-0.2, -0.15) is 0 Å². The van der Waals surface area contributed by atoms with Gasteiger partial charge in [0.25, 0.3) is 0 Å². The van der Waals surface area contributed by atoms with Crippen molar-refractivity contribution in [1.82, 2.24) is 0 Å². The Morgan fingerprint density at radius 1 is 0.238 bits per heavy atom. The summed E-state index contributed by atoms with van der Waals surface area (Å²) in [4.78, 5) is 24.6. The van der Waals surface area contributed by atoms with Crippen molar-refractivity contribution in [3.05, 3.63) is 0 Å². The second-order valence-corrected chi connectivity index (χ2v) is 28.3. The predicted molar refractivity (Wildman–Crippen MR) is 375 cm³/mol. The van der Waals surface area contributed by atoms with Crippen molar-refractivity contribution >= 4 is 11.8 Å². The van der Waals surface area contributed by atoms with Gasteiger partial charge in [-0.1, -0.05) is 451 Å². The number of Topliss-reactive ketones (excluding diaryl/α,β-unsaturated/α-hetero) is 1. The molecule has 4 nitrogen and oxygen atoms in total. The van der Waals surface area contributed by atoms with Gasteiger partial charge in [0.1, 0.15) is 5.78 Å². The van der Waals surface area contributed by atoms with Crippen LogP contribution in [0.1, 0.15) is 483 Å². The molecular weight excluding hydrogens is 1020 g/mol. The van der Waals surface area contributed by atoms with Crippen LogP contribution in [0.3, 0.4) is 0 Å². The van der Waals surface area contributed by atoms with Gasteiger partial charge in [0.2, 0.25) is 0 Å². The van der Waals surface area contributed by atoms with Gasteiger partial charge in [0.15, 0.2) is 0 Å². The maximum Gasteiger partial charge on any atom is 0.309 e. The van der Waals surface area contributed by atoms with Gasteiger partial charge in [0.05, 0.1) is 12.0 Å². The summed E-state index contributed by atoms with van der Waals surface area (Å²) in [5, 5.41) is 20.5. The number of ketones is 1. The second-order valence-electron chi connectivity index (χ2n) is 28.3. The van der Waals surface area contributed by atoms with Crippen LogP contribution >= 0.6 is 0 Å². The number of carbonyl (C=O) groups excluding carboxylic acids is 1. The molecule has 0 aromatic rings. The van der Waals surface area contributed by atoms with E-state index in [-0.39, 0.29) is 5.92 Å². The van der Waals surface area contributed by atoms with Crippen LogP contribution in [0.25, 0.3) is 0 Å². The van der Waals surface area contributed by atoms with Crippen LogP contribution in [0.2, 0.25) is 0 Å². The Balaban J connectivity index is 3.36. The molecule has 0 aliphatic carbocycles. The van der Waals surface area contributed by atoms with E-state index < -0.39 is 18.0 Å². The number of carboxylic acids is 1. The van der Waals surface area contributed by atoms with Crippen molar-refractivity contribution in [2.24, 2.45) is 11.8 Å². The molecule has 0 amide bonds. The van der Waals surface area contributed by atoms with E-state index in [0.29, 0.717) is 18.6 Å². The van der Waals surface area contributed by atoms with Gasteiger partial charge in [-0.15, -0.1) is 0 Å². The van der Waals surface area contributed by atoms with Gasteiger partial charge in [-0.25, -0.2) is 0 Å². The highest BCUT2D eigenvalue weighted by atomic mass is 16.4. The molecule has 0 aromatic carbocycles. The first-order chi connectivity index (χ1) is 41.4. The highest BCUT2D eigenvalue weighted by Gasteiger charge is 2.25. The zero-order valence-electron chi connectivity index (χ0n) is 58.4. The van der Waals surface area contributed by atoms with Crippen LogP contribution < -0.4 is 0 Å². The minimum atomic E-state index is -0.802. The number of aliphatic hydroxyl groups is 1. The number of hydrogen-bond donors (Lipinski definition) is 2. The highest BCUT2D eigenvalue weighted by molar-refractivity contribution is 5.80. The van der Waals surface area contributed by atoms with Crippen LogP contribution in [0, 0.1) is 11.8 Å². The Labute approximate surface area is 529 Å². The van der Waals surface area contributed by atoms with Crippen molar-refractivity contribution in [2.75, 3.05) is 0 Å². The van der Waals surface area contributed by atoms with Crippen LogP contribution in [0.15, 0.2) is 0 Å². The molecule has 0 rings (SSSR count). The Morgan fingerprint density at radius 3 is 0.607 bits per heavy atom. The molecule has 84 heavy (non-hydrogen) atoms. The first kappa shape index (κ1) is 83.1. The molecule has 0 heterocycles. The SMILES string of the molecule is CCCCCCCCCCCCCCCCCCCCCCCCC(C(=O)O)C(O)CCCCCCCCCCCCCCCCCCCCCCCCCCCCCCCCC(=O)C(C)CCCCCCCCCCCCCCCCCC. The van der Waals surface area contributed by atoms with E-state index >= 15 is 0 Å². The van der Waals surface area contributed by atoms with Crippen molar-refractivity contribution in [3.8, 4) is 0 Å². The van der Waals surface area contributed by atoms with E-state index in [9.17, 15) is 19.8 Å². The maximum absolute atomic E-state index is 12.7. The fourth-order valence-electron chi connectivity index (χ4n) is 13.7. The third-order valence-corrected chi connectivity index (χ3v) is 19.9. The molecule has 0 fully saturated rings. The van der Waals surface area contributed by atoms with E-state index in [1.165, 1.54) is 405 Å². The first-order valence-corrected chi connectivity index (χ1v) is 39.9. The molecule has 0 saturated heterocycles. The average molecular weight is 1180 g/mol. The van der Waals surface area contributed by atoms with Gasteiger partial charge >= 0.3 is 5.97 Å². The van der Waals surface area contributed by atoms with Gasteiger partial charge in [0, 0.05) is 12.3 Å². The van der Waals surface area contributed by atoms with Crippen molar-refractivity contribution in [3.63, 3.8) is 0 Å². The molecule has 0 spiro atoms. The van der Waals surface area contributed by atoms with Crippen LogP contribution in [-0.4, -0.2) is 28.1 Å². The lowest BCUT2D eigenvalue weighted by Gasteiger charge is -2.19. The molecule has 0 aliphatic heterocycles. The van der Waals surface area contributed by atoms with Crippen LogP contribution in [0.4, 0.5) is 0 Å². The lowest BCUT2D eigenvalue weighted by molar-refractivity contribution is -0.146. The standard InChI is InChI=1S/C80H158O4/c1-4-6-8-10-12-14-16-18-20-22-23-24-35-38-41-45-49-53-57-61-65-69-73-77(80(83)84)79(82)75-71-67-63-59-55-51-47-43-40-37-34-32-30-28-26-25-27-29-31-33-36-39-42-46-50-54-58-62-66-70-74-78(81)76(3)72-68-64-60-56-52-48-44-21-19-17-15-13-11-9-7-5-2/h76-77,79,82H,4-75H2,1-3H3,(H,83,84). The number of aliphatic carboxylic acids is 1. The van der Waals surface area contributed by atoms with Crippen molar-refractivity contribution < 1.29 is 19.8 Å². The largest absolute Gasteiger partial charge is 0.481 e. The van der Waals surface area contributed by atoms with Gasteiger partial charge in [-0.05, 0) is 25.7 Å². The van der Waals surface area contributed by atoms with Crippen LogP contribution in [0.5, 0.6) is 0 Å². The summed E-state index contributed by atoms with van der Waals surface area (Å²) in [7, 11) is 0. The zero-order valence-corrected chi connectivity index (χ0v) is 58.4. The molecule has 4 heteroatoms. The Morgan fingerprint density at radius 2 is 0.405 bits per heavy atom. The highest BCUT2D eigenvalue weighted by Crippen LogP contribution is 2.24. The number of aliphatic hydroxyl groups excluding tert-OH is 1. The summed E-state index contributed by atoms with van der Waals surface area (Å²) < 4.78 is 0. The molecule has 3 atom stereocenters. The van der Waals surface area contributed by atoms with E-state index in [4.69, 9.17) is 0 Å². The summed E-state index contributed by atoms with van der Waals surface area (Å²) in [6, 6.07) is 0. The van der Waals surface area contributed by atoms with Crippen molar-refractivity contribution in [2.45, 2.75) is 489 Å². The lowest BCUT2D eigenvalue weighted by atomic mass is 9.91. The summed E-state index contributed by atoms with van der Waals surface area (Å²) in [5.41, 5.74) is 0. The smallest absolute Gasteiger partial charge is 0.309 e. The topological polar surface area (TPSA) is 74.6 Å². The summed E-state index contributed by atoms with van der Waals surface area (Å²) in [5.74, 6) is -0.578. The van der Waals surface area contributed by atoms with Gasteiger partial charge in [-0.3, -0.25) is 9.59 Å². The van der Waals surface area contributed by atoms with Crippen LogP contribution in [-0.2, 0) is 9.59 Å². The second kappa shape index (κ2) is 72.8. The zero-order chi connectivity index (χ0) is 60.8. The molecule has 0 saturated carbocycles. The number of carboxylic acid groups (broad SMARTS) is 1. The lowest BCUT2D eigenvalue weighted by Crippen LogP contribution is -2.28. The molecule has 502 valence electrons. The molecule has 0 aromatic heterocycles.